The summed E-state index contributed by atoms with van der Waals surface area (Å²) in [7, 11) is 3.48. The van der Waals surface area contributed by atoms with Crippen LogP contribution in [0.1, 0.15) is 22.3 Å². The molecule has 4 aromatic heterocycles. The van der Waals surface area contributed by atoms with Crippen LogP contribution in [0.2, 0.25) is 0 Å². The van der Waals surface area contributed by atoms with Gasteiger partial charge in [-0.25, -0.2) is 39.9 Å². The zero-order valence-electron chi connectivity index (χ0n) is 31.0. The molecular formula is C38H39F3N12O3. The Morgan fingerprint density at radius 2 is 1.23 bits per heavy atom. The van der Waals surface area contributed by atoms with Gasteiger partial charge in [-0.3, -0.25) is 20.2 Å². The minimum Gasteiger partial charge on any atom is -0.478 e. The van der Waals surface area contributed by atoms with E-state index in [1.165, 1.54) is 28.2 Å². The number of hydrogen-bond donors (Lipinski definition) is 3. The number of nitrogens with two attached hydrogens (primary N) is 1. The lowest BCUT2D eigenvalue weighted by Gasteiger charge is -2.17. The number of carboxylic acid groups (broad SMARTS) is 1. The summed E-state index contributed by atoms with van der Waals surface area (Å²) < 4.78 is 40.9. The van der Waals surface area contributed by atoms with E-state index in [0.29, 0.717) is 17.2 Å². The van der Waals surface area contributed by atoms with Gasteiger partial charge in [0.2, 0.25) is 0 Å². The second kappa shape index (κ2) is 19.2. The summed E-state index contributed by atoms with van der Waals surface area (Å²) in [5, 5.41) is 19.8. The number of anilines is 2. The van der Waals surface area contributed by atoms with Crippen LogP contribution >= 0.6 is 0 Å². The van der Waals surface area contributed by atoms with Crippen molar-refractivity contribution < 1.29 is 27.9 Å². The molecule has 15 nitrogen and oxygen atoms in total. The highest BCUT2D eigenvalue weighted by molar-refractivity contribution is 5.91. The van der Waals surface area contributed by atoms with Gasteiger partial charge in [0.1, 0.15) is 24.3 Å². The number of hydrazine groups is 2. The third-order valence-electron chi connectivity index (χ3n) is 7.19. The standard InChI is InChI=1S/C19H20N6O.C13H10F3N3O2.C6H9N3/c1-14-10-15(2)12-16(11-14)19-21-13-25(23-19)9-7-18(26)22-24(3)17-6-4-5-8-20-17;1-8-4-9(6-10(5-8)13(14,15)16)12-17-7-19(18-12)3-2-11(20)21;1-9(7)6-4-2-3-5-8-6/h4-13H,1-3H3,(H,22,26);2-7H,1H3,(H,20,21);2-5H,7H2,1H3/b9-7-;3-2-;. The zero-order chi connectivity index (χ0) is 40.8. The number of benzene rings is 2. The van der Waals surface area contributed by atoms with Crippen LogP contribution in [0.3, 0.4) is 0 Å². The van der Waals surface area contributed by atoms with Crippen molar-refractivity contribution in [1.29, 1.82) is 0 Å². The Morgan fingerprint density at radius 1 is 0.732 bits per heavy atom. The van der Waals surface area contributed by atoms with E-state index in [-0.39, 0.29) is 17.3 Å². The van der Waals surface area contributed by atoms with Crippen molar-refractivity contribution in [2.24, 2.45) is 5.84 Å². The fourth-order valence-electron chi connectivity index (χ4n) is 4.80. The maximum Gasteiger partial charge on any atom is 0.416 e. The number of halogens is 3. The largest absolute Gasteiger partial charge is 0.478 e. The second-order valence-electron chi connectivity index (χ2n) is 12.0. The van der Waals surface area contributed by atoms with Crippen LogP contribution in [0, 0.1) is 20.8 Å². The topological polar surface area (TPSA) is 186 Å². The summed E-state index contributed by atoms with van der Waals surface area (Å²) in [6.45, 7) is 5.62. The molecule has 290 valence electrons. The molecule has 18 heteroatoms. The first-order valence-corrected chi connectivity index (χ1v) is 16.6. The van der Waals surface area contributed by atoms with Gasteiger partial charge < -0.3 is 5.11 Å². The molecule has 0 aliphatic heterocycles. The van der Waals surface area contributed by atoms with Gasteiger partial charge >= 0.3 is 12.1 Å². The van der Waals surface area contributed by atoms with Gasteiger partial charge in [0.15, 0.2) is 11.6 Å². The molecule has 0 radical (unpaired) electrons. The van der Waals surface area contributed by atoms with Crippen molar-refractivity contribution in [3.63, 3.8) is 0 Å². The normalized spacial score (nSPS) is 11.0. The fourth-order valence-corrected chi connectivity index (χ4v) is 4.80. The van der Waals surface area contributed by atoms with Gasteiger partial charge in [0.05, 0.1) is 5.56 Å². The number of hydrogen-bond acceptors (Lipinski definition) is 11. The highest BCUT2D eigenvalue weighted by Crippen LogP contribution is 2.32. The Bertz CT molecular complexity index is 2250. The number of rotatable bonds is 9. The quantitative estimate of drug-likeness (QED) is 0.0912. The highest BCUT2D eigenvalue weighted by atomic mass is 19.4. The molecule has 0 bridgehead atoms. The van der Waals surface area contributed by atoms with Gasteiger partial charge in [-0.1, -0.05) is 29.3 Å². The van der Waals surface area contributed by atoms with Crippen LogP contribution in [0.4, 0.5) is 24.8 Å². The lowest BCUT2D eigenvalue weighted by molar-refractivity contribution is -0.137. The van der Waals surface area contributed by atoms with E-state index < -0.39 is 17.7 Å². The van der Waals surface area contributed by atoms with Crippen LogP contribution in [0.5, 0.6) is 0 Å². The van der Waals surface area contributed by atoms with E-state index >= 15 is 0 Å². The Kier molecular flexibility index (Phi) is 14.3. The molecule has 0 fully saturated rings. The summed E-state index contributed by atoms with van der Waals surface area (Å²) in [5.41, 5.74) is 5.83. The number of pyridine rings is 2. The van der Waals surface area contributed by atoms with Crippen LogP contribution in [0.25, 0.3) is 35.2 Å². The van der Waals surface area contributed by atoms with Crippen molar-refractivity contribution in [3.8, 4) is 22.8 Å². The average molecular weight is 769 g/mol. The fraction of sp³-hybridized carbons (Fsp3) is 0.158. The third kappa shape index (κ3) is 13.0. The van der Waals surface area contributed by atoms with Crippen LogP contribution in [-0.2, 0) is 15.8 Å². The smallest absolute Gasteiger partial charge is 0.416 e. The molecule has 0 unspecified atom stereocenters. The molecule has 2 aromatic carbocycles. The second-order valence-corrected chi connectivity index (χ2v) is 12.0. The van der Waals surface area contributed by atoms with Crippen LogP contribution in [0.15, 0.2) is 110 Å². The molecule has 0 atom stereocenters. The summed E-state index contributed by atoms with van der Waals surface area (Å²) >= 11 is 0. The molecule has 0 spiro atoms. The lowest BCUT2D eigenvalue weighted by Crippen LogP contribution is -2.38. The number of aromatic nitrogens is 8. The molecule has 0 aliphatic rings. The predicted molar refractivity (Wildman–Crippen MR) is 206 cm³/mol. The van der Waals surface area contributed by atoms with Crippen LogP contribution in [-0.4, -0.2) is 70.6 Å². The number of carboxylic acids is 1. The van der Waals surface area contributed by atoms with E-state index in [9.17, 15) is 22.8 Å². The molecule has 4 heterocycles. The number of amides is 1. The maximum atomic E-state index is 12.8. The highest BCUT2D eigenvalue weighted by Gasteiger charge is 2.31. The molecule has 6 rings (SSSR count). The van der Waals surface area contributed by atoms with E-state index in [0.717, 1.165) is 51.6 Å². The van der Waals surface area contributed by atoms with Crippen molar-refractivity contribution >= 4 is 35.9 Å². The van der Waals surface area contributed by atoms with E-state index in [1.807, 2.05) is 56.3 Å². The Morgan fingerprint density at radius 3 is 1.70 bits per heavy atom. The molecule has 6 aromatic rings. The Hall–Kier alpha value is -7.21. The van der Waals surface area contributed by atoms with E-state index in [1.54, 1.807) is 57.0 Å². The number of carbonyl (C=O) groups is 2. The Balaban J connectivity index is 0.000000207. The summed E-state index contributed by atoms with van der Waals surface area (Å²) in [5.74, 6) is 6.05. The maximum absolute atomic E-state index is 12.8. The molecule has 0 aliphatic carbocycles. The number of carbonyl (C=O) groups excluding carboxylic acids is 1. The molecule has 0 saturated carbocycles. The summed E-state index contributed by atoms with van der Waals surface area (Å²) in [6.07, 6.45) is 6.63. The molecular weight excluding hydrogens is 729 g/mol. The van der Waals surface area contributed by atoms with Gasteiger partial charge in [-0.15, -0.1) is 10.2 Å². The number of aliphatic carboxylic acids is 1. The van der Waals surface area contributed by atoms with Gasteiger partial charge in [-0.05, 0) is 80.9 Å². The number of nitrogens with zero attached hydrogens (tertiary/aromatic N) is 10. The van der Waals surface area contributed by atoms with Gasteiger partial charge in [0, 0.05) is 62.2 Å². The number of alkyl halides is 3. The zero-order valence-corrected chi connectivity index (χ0v) is 31.0. The van der Waals surface area contributed by atoms with E-state index in [2.05, 4.69) is 41.6 Å². The first-order valence-electron chi connectivity index (χ1n) is 16.6. The molecule has 0 saturated heterocycles. The molecule has 4 N–H and O–H groups in total. The summed E-state index contributed by atoms with van der Waals surface area (Å²) in [4.78, 5) is 38.7. The Labute approximate surface area is 320 Å². The lowest BCUT2D eigenvalue weighted by atomic mass is 10.1. The van der Waals surface area contributed by atoms with E-state index in [4.69, 9.17) is 10.9 Å². The summed E-state index contributed by atoms with van der Waals surface area (Å²) in [6, 6.07) is 20.7. The molecule has 56 heavy (non-hydrogen) atoms. The van der Waals surface area contributed by atoms with Crippen molar-refractivity contribution in [2.75, 3.05) is 24.1 Å². The minimum absolute atomic E-state index is 0.0826. The van der Waals surface area contributed by atoms with Crippen molar-refractivity contribution in [1.82, 2.24) is 44.9 Å². The molecule has 1 amide bonds. The number of nitrogens with one attached hydrogen (secondary N) is 1. The van der Waals surface area contributed by atoms with Crippen molar-refractivity contribution in [3.05, 3.63) is 132 Å². The number of aryl methyl sites for hydroxylation is 3. The first kappa shape index (κ1) is 41.5. The monoisotopic (exact) mass is 768 g/mol. The van der Waals surface area contributed by atoms with Crippen LogP contribution < -0.4 is 21.3 Å². The first-order chi connectivity index (χ1) is 26.6. The third-order valence-corrected chi connectivity index (χ3v) is 7.19. The minimum atomic E-state index is -4.45. The average Bonchev–Trinajstić information content (AvgIpc) is 3.84. The van der Waals surface area contributed by atoms with Crippen molar-refractivity contribution in [2.45, 2.75) is 26.9 Å². The predicted octanol–water partition coefficient (Wildman–Crippen LogP) is 5.81. The SMILES string of the molecule is CN(N)c1ccccn1.Cc1cc(-c2ncn(/C=C\C(=O)O)n2)cc(C(F)(F)F)c1.Cc1cc(C)cc(-c2ncn(/C=C\C(=O)NN(C)c3ccccn3)n2)c1. The van der Waals surface area contributed by atoms with Gasteiger partial charge in [-0.2, -0.15) is 13.2 Å². The van der Waals surface area contributed by atoms with Gasteiger partial charge in [0.25, 0.3) is 5.91 Å².